The van der Waals surface area contributed by atoms with E-state index in [0.29, 0.717) is 6.04 Å². The zero-order valence-corrected chi connectivity index (χ0v) is 19.8. The molecule has 0 spiro atoms. The standard InChI is InChI=1S/C26H35N5O/c1-5-25-24(26-28-19(2)15-20(3)31(26)29-25)16-22-10-8-21(9-11-22)7-6-13-30-14-12-27-23(17-30)18-32-4/h6-11,15,23,27H,5,12-14,16-18H2,1-4H3/t23-/m0/s1. The Morgan fingerprint density at radius 2 is 2.03 bits per heavy atom. The van der Waals surface area contributed by atoms with Crippen molar-refractivity contribution >= 4 is 11.7 Å². The van der Waals surface area contributed by atoms with Gasteiger partial charge in [-0.25, -0.2) is 9.50 Å². The van der Waals surface area contributed by atoms with Crippen molar-refractivity contribution in [3.8, 4) is 0 Å². The average molecular weight is 434 g/mol. The van der Waals surface area contributed by atoms with Crippen LogP contribution >= 0.6 is 0 Å². The molecule has 2 aromatic heterocycles. The van der Waals surface area contributed by atoms with E-state index in [4.69, 9.17) is 14.8 Å². The lowest BCUT2D eigenvalue weighted by atomic mass is 10.0. The van der Waals surface area contributed by atoms with Gasteiger partial charge in [0.15, 0.2) is 5.65 Å². The van der Waals surface area contributed by atoms with E-state index in [1.807, 2.05) is 4.52 Å². The summed E-state index contributed by atoms with van der Waals surface area (Å²) in [5, 5.41) is 8.32. The van der Waals surface area contributed by atoms with E-state index in [1.54, 1.807) is 7.11 Å². The summed E-state index contributed by atoms with van der Waals surface area (Å²) in [6, 6.07) is 11.4. The number of hydrogen-bond acceptors (Lipinski definition) is 5. The Hall–Kier alpha value is -2.54. The molecular weight excluding hydrogens is 398 g/mol. The molecule has 1 aliphatic heterocycles. The fourth-order valence-electron chi connectivity index (χ4n) is 4.54. The second kappa shape index (κ2) is 10.4. The molecular formula is C26H35N5O. The predicted molar refractivity (Wildman–Crippen MR) is 130 cm³/mol. The van der Waals surface area contributed by atoms with Crippen molar-refractivity contribution in [3.63, 3.8) is 0 Å². The maximum Gasteiger partial charge on any atom is 0.159 e. The summed E-state index contributed by atoms with van der Waals surface area (Å²) >= 11 is 0. The zero-order valence-electron chi connectivity index (χ0n) is 19.8. The van der Waals surface area contributed by atoms with Crippen LogP contribution in [0.2, 0.25) is 0 Å². The number of benzene rings is 1. The van der Waals surface area contributed by atoms with Gasteiger partial charge >= 0.3 is 0 Å². The molecule has 1 aromatic carbocycles. The number of hydrogen-bond donors (Lipinski definition) is 1. The first-order valence-electron chi connectivity index (χ1n) is 11.6. The fraction of sp³-hybridized carbons (Fsp3) is 0.462. The number of fused-ring (bicyclic) bond motifs is 1. The molecule has 1 fully saturated rings. The summed E-state index contributed by atoms with van der Waals surface area (Å²) in [6.07, 6.45) is 6.25. The van der Waals surface area contributed by atoms with Gasteiger partial charge in [-0.2, -0.15) is 5.10 Å². The highest BCUT2D eigenvalue weighted by Crippen LogP contribution is 2.21. The second-order valence-corrected chi connectivity index (χ2v) is 8.74. The largest absolute Gasteiger partial charge is 0.383 e. The molecule has 1 N–H and O–H groups in total. The molecule has 1 saturated heterocycles. The normalized spacial score (nSPS) is 17.6. The molecule has 1 aliphatic rings. The minimum Gasteiger partial charge on any atom is -0.383 e. The molecule has 0 aliphatic carbocycles. The number of aromatic nitrogens is 3. The van der Waals surface area contributed by atoms with E-state index in [0.717, 1.165) is 68.4 Å². The average Bonchev–Trinajstić information content (AvgIpc) is 3.13. The quantitative estimate of drug-likeness (QED) is 0.590. The number of rotatable bonds is 8. The van der Waals surface area contributed by atoms with Crippen molar-refractivity contribution in [3.05, 3.63) is 70.2 Å². The number of piperazine rings is 1. The van der Waals surface area contributed by atoms with E-state index in [1.165, 1.54) is 16.7 Å². The summed E-state index contributed by atoms with van der Waals surface area (Å²) in [5.74, 6) is 0. The van der Waals surface area contributed by atoms with Crippen LogP contribution in [0.4, 0.5) is 0 Å². The topological polar surface area (TPSA) is 54.7 Å². The van der Waals surface area contributed by atoms with Gasteiger partial charge in [0.25, 0.3) is 0 Å². The van der Waals surface area contributed by atoms with Crippen LogP contribution in [0.1, 0.15) is 40.7 Å². The van der Waals surface area contributed by atoms with Crippen LogP contribution in [0.5, 0.6) is 0 Å². The Morgan fingerprint density at radius 3 is 2.78 bits per heavy atom. The molecule has 4 rings (SSSR count). The maximum atomic E-state index is 5.29. The van der Waals surface area contributed by atoms with E-state index in [-0.39, 0.29) is 0 Å². The molecule has 6 nitrogen and oxygen atoms in total. The molecule has 0 amide bonds. The van der Waals surface area contributed by atoms with Crippen LogP contribution in [0.3, 0.4) is 0 Å². The van der Waals surface area contributed by atoms with Crippen molar-refractivity contribution in [2.45, 2.75) is 39.7 Å². The first kappa shape index (κ1) is 22.6. The first-order chi connectivity index (χ1) is 15.6. The molecule has 0 radical (unpaired) electrons. The fourth-order valence-corrected chi connectivity index (χ4v) is 4.54. The molecule has 3 heterocycles. The summed E-state index contributed by atoms with van der Waals surface area (Å²) in [7, 11) is 1.77. The van der Waals surface area contributed by atoms with Gasteiger partial charge in [0, 0.05) is 62.7 Å². The minimum atomic E-state index is 0.427. The lowest BCUT2D eigenvalue weighted by Crippen LogP contribution is -2.52. The molecule has 6 heteroatoms. The van der Waals surface area contributed by atoms with Gasteiger partial charge in [0.1, 0.15) is 0 Å². The first-order valence-corrected chi connectivity index (χ1v) is 11.6. The summed E-state index contributed by atoms with van der Waals surface area (Å²) in [4.78, 5) is 7.26. The van der Waals surface area contributed by atoms with Crippen LogP contribution in [-0.2, 0) is 17.6 Å². The lowest BCUT2D eigenvalue weighted by molar-refractivity contribution is 0.121. The number of nitrogens with zero attached hydrogens (tertiary/aromatic N) is 4. The van der Waals surface area contributed by atoms with Crippen molar-refractivity contribution in [2.75, 3.05) is 39.9 Å². The smallest absolute Gasteiger partial charge is 0.159 e. The Balaban J connectivity index is 1.42. The van der Waals surface area contributed by atoms with Crippen molar-refractivity contribution < 1.29 is 4.74 Å². The zero-order chi connectivity index (χ0) is 22.5. The third-order valence-electron chi connectivity index (χ3n) is 6.15. The summed E-state index contributed by atoms with van der Waals surface area (Å²) < 4.78 is 7.28. The van der Waals surface area contributed by atoms with Gasteiger partial charge in [0.05, 0.1) is 12.3 Å². The molecule has 0 bridgehead atoms. The molecule has 0 saturated carbocycles. The summed E-state index contributed by atoms with van der Waals surface area (Å²) in [6.45, 7) is 11.2. The van der Waals surface area contributed by atoms with Crippen molar-refractivity contribution in [1.29, 1.82) is 0 Å². The van der Waals surface area contributed by atoms with Crippen molar-refractivity contribution in [2.24, 2.45) is 0 Å². The second-order valence-electron chi connectivity index (χ2n) is 8.74. The highest BCUT2D eigenvalue weighted by Gasteiger charge is 2.18. The third kappa shape index (κ3) is 5.26. The molecule has 1 atom stereocenters. The molecule has 32 heavy (non-hydrogen) atoms. The van der Waals surface area contributed by atoms with Gasteiger partial charge in [-0.1, -0.05) is 43.3 Å². The van der Waals surface area contributed by atoms with Crippen LogP contribution in [0.15, 0.2) is 36.4 Å². The van der Waals surface area contributed by atoms with Gasteiger partial charge in [-0.05, 0) is 37.5 Å². The minimum absolute atomic E-state index is 0.427. The third-order valence-corrected chi connectivity index (χ3v) is 6.15. The Labute approximate surface area is 191 Å². The van der Waals surface area contributed by atoms with E-state index >= 15 is 0 Å². The SMILES string of the molecule is CCc1nn2c(C)cc(C)nc2c1Cc1ccc(C=CCN2CCN[C@H](COC)C2)cc1. The monoisotopic (exact) mass is 433 g/mol. The predicted octanol–water partition coefficient (Wildman–Crippen LogP) is 3.43. The van der Waals surface area contributed by atoms with Gasteiger partial charge in [-0.3, -0.25) is 4.90 Å². The Kier molecular flexibility index (Phi) is 7.35. The number of aryl methyl sites for hydroxylation is 3. The van der Waals surface area contributed by atoms with E-state index in [9.17, 15) is 0 Å². The highest BCUT2D eigenvalue weighted by atomic mass is 16.5. The summed E-state index contributed by atoms with van der Waals surface area (Å²) in [5.41, 5.74) is 8.07. The van der Waals surface area contributed by atoms with E-state index in [2.05, 4.69) is 73.5 Å². The van der Waals surface area contributed by atoms with Crippen LogP contribution in [0, 0.1) is 13.8 Å². The van der Waals surface area contributed by atoms with Gasteiger partial charge in [0.2, 0.25) is 0 Å². The Morgan fingerprint density at radius 1 is 1.22 bits per heavy atom. The molecule has 170 valence electrons. The lowest BCUT2D eigenvalue weighted by Gasteiger charge is -2.32. The van der Waals surface area contributed by atoms with Crippen LogP contribution in [-0.4, -0.2) is 65.4 Å². The maximum absolute atomic E-state index is 5.29. The highest BCUT2D eigenvalue weighted by molar-refractivity contribution is 5.55. The van der Waals surface area contributed by atoms with Gasteiger partial charge < -0.3 is 10.1 Å². The number of ether oxygens (including phenoxy) is 1. The number of methoxy groups -OCH3 is 1. The van der Waals surface area contributed by atoms with Crippen molar-refractivity contribution in [1.82, 2.24) is 24.8 Å². The van der Waals surface area contributed by atoms with E-state index < -0.39 is 0 Å². The van der Waals surface area contributed by atoms with Gasteiger partial charge in [-0.15, -0.1) is 0 Å². The Bertz CT molecular complexity index is 1070. The molecule has 3 aromatic rings. The van der Waals surface area contributed by atoms with Crippen LogP contribution in [0.25, 0.3) is 11.7 Å². The van der Waals surface area contributed by atoms with Crippen LogP contribution < -0.4 is 5.32 Å². The molecule has 0 unspecified atom stereocenters. The number of nitrogens with one attached hydrogen (secondary N) is 1.